The van der Waals surface area contributed by atoms with Crippen LogP contribution in [-0.2, 0) is 0 Å². The third kappa shape index (κ3) is 3.78. The molecule has 0 aliphatic heterocycles. The lowest BCUT2D eigenvalue weighted by atomic mass is 10.1. The topological polar surface area (TPSA) is 68.8 Å². The first kappa shape index (κ1) is 20.1. The van der Waals surface area contributed by atoms with Gasteiger partial charge in [0.2, 0.25) is 0 Å². The molecule has 5 aromatic rings. The lowest BCUT2D eigenvalue weighted by molar-refractivity contribution is 0.0929. The van der Waals surface area contributed by atoms with Gasteiger partial charge in [-0.05, 0) is 53.2 Å². The number of rotatable bonds is 5. The van der Waals surface area contributed by atoms with Gasteiger partial charge in [0.25, 0.3) is 0 Å². The first-order valence-electron chi connectivity index (χ1n) is 9.89. The van der Waals surface area contributed by atoms with E-state index in [1.807, 2.05) is 41.1 Å². The van der Waals surface area contributed by atoms with E-state index in [0.29, 0.717) is 11.3 Å². The van der Waals surface area contributed by atoms with Crippen molar-refractivity contribution in [3.8, 4) is 11.4 Å². The Morgan fingerprint density at radius 2 is 1.88 bits per heavy atom. The summed E-state index contributed by atoms with van der Waals surface area (Å²) in [5.74, 6) is 0.253. The van der Waals surface area contributed by atoms with Crippen LogP contribution in [0.3, 0.4) is 0 Å². The molecular weight excluding hydrogens is 470 g/mol. The Morgan fingerprint density at radius 3 is 2.72 bits per heavy atom. The molecule has 1 N–H and O–H groups in total. The van der Waals surface area contributed by atoms with Gasteiger partial charge < -0.3 is 13.7 Å². The van der Waals surface area contributed by atoms with Crippen LogP contribution in [0.2, 0.25) is 0 Å². The maximum atomic E-state index is 12.6. The molecule has 0 unspecified atom stereocenters. The van der Waals surface area contributed by atoms with Gasteiger partial charge in [-0.15, -0.1) is 0 Å². The average Bonchev–Trinajstić information content (AvgIpc) is 3.45. The van der Waals surface area contributed by atoms with Gasteiger partial charge in [-0.3, -0.25) is 4.79 Å². The standard InChI is InChI=1S/C25H18BrN3O3/c1-31-22-14-19(26)11-18-13-23(32-24(18)22)25(30)28-27-15-21-7-4-10-29(21)20-9-8-16-5-2-3-6-17(16)12-20/h2-15H,1H3,(H,28,30)/b27-15+. The van der Waals surface area contributed by atoms with Crippen molar-refractivity contribution >= 4 is 49.8 Å². The molecule has 0 spiro atoms. The molecule has 2 aromatic heterocycles. The van der Waals surface area contributed by atoms with Crippen molar-refractivity contribution in [3.63, 3.8) is 0 Å². The van der Waals surface area contributed by atoms with Crippen LogP contribution in [-0.4, -0.2) is 23.8 Å². The molecule has 0 bridgehead atoms. The molecular formula is C25H18BrN3O3. The zero-order valence-electron chi connectivity index (χ0n) is 17.1. The summed E-state index contributed by atoms with van der Waals surface area (Å²) in [7, 11) is 1.55. The van der Waals surface area contributed by atoms with Gasteiger partial charge in [0.05, 0.1) is 19.0 Å². The number of nitrogens with zero attached hydrogens (tertiary/aromatic N) is 2. The van der Waals surface area contributed by atoms with E-state index in [-0.39, 0.29) is 5.76 Å². The van der Waals surface area contributed by atoms with Crippen LogP contribution in [0.1, 0.15) is 16.2 Å². The molecule has 6 nitrogen and oxygen atoms in total. The number of halogens is 1. The van der Waals surface area contributed by atoms with Crippen molar-refractivity contribution < 1.29 is 13.9 Å². The number of carbonyl (C=O) groups is 1. The Labute approximate surface area is 192 Å². The minimum absolute atomic E-state index is 0.151. The van der Waals surface area contributed by atoms with E-state index in [9.17, 15) is 4.79 Å². The molecule has 0 aliphatic carbocycles. The Kier molecular flexibility index (Phi) is 5.25. The second-order valence-electron chi connectivity index (χ2n) is 7.17. The molecule has 5 rings (SSSR count). The first-order chi connectivity index (χ1) is 15.6. The Bertz CT molecular complexity index is 1480. The van der Waals surface area contributed by atoms with Gasteiger partial charge in [-0.1, -0.05) is 46.3 Å². The number of ether oxygens (including phenoxy) is 1. The summed E-state index contributed by atoms with van der Waals surface area (Å²) in [6.45, 7) is 0. The zero-order valence-corrected chi connectivity index (χ0v) is 18.7. The van der Waals surface area contributed by atoms with E-state index in [1.54, 1.807) is 25.5 Å². The van der Waals surface area contributed by atoms with Crippen molar-refractivity contribution in [2.75, 3.05) is 7.11 Å². The van der Waals surface area contributed by atoms with Crippen LogP contribution in [0.25, 0.3) is 27.4 Å². The van der Waals surface area contributed by atoms with E-state index in [1.165, 1.54) is 5.39 Å². The maximum absolute atomic E-state index is 12.6. The third-order valence-electron chi connectivity index (χ3n) is 5.15. The number of amides is 1. The molecule has 0 aliphatic rings. The molecule has 0 saturated heterocycles. The number of carbonyl (C=O) groups excluding carboxylic acids is 1. The fraction of sp³-hybridized carbons (Fsp3) is 0.0400. The van der Waals surface area contributed by atoms with Crippen LogP contribution in [0, 0.1) is 0 Å². The number of benzene rings is 3. The van der Waals surface area contributed by atoms with Gasteiger partial charge in [0, 0.05) is 21.7 Å². The van der Waals surface area contributed by atoms with Crippen molar-refractivity contribution in [1.82, 2.24) is 9.99 Å². The molecule has 7 heteroatoms. The second-order valence-corrected chi connectivity index (χ2v) is 8.09. The SMILES string of the molecule is COc1cc(Br)cc2cc(C(=O)N/N=C/c3cccn3-c3ccc4ccccc4c3)oc12. The Morgan fingerprint density at radius 1 is 1.03 bits per heavy atom. The van der Waals surface area contributed by atoms with Gasteiger partial charge in [-0.25, -0.2) is 5.43 Å². The number of hydrogen-bond donors (Lipinski definition) is 1. The lowest BCUT2D eigenvalue weighted by Crippen LogP contribution is -2.17. The van der Waals surface area contributed by atoms with Crippen LogP contribution in [0.4, 0.5) is 0 Å². The number of fused-ring (bicyclic) bond motifs is 2. The Hall–Kier alpha value is -3.84. The fourth-order valence-corrected chi connectivity index (χ4v) is 4.08. The summed E-state index contributed by atoms with van der Waals surface area (Å²) < 4.78 is 13.9. The number of furan rings is 1. The predicted molar refractivity (Wildman–Crippen MR) is 129 cm³/mol. The number of hydrogen-bond acceptors (Lipinski definition) is 4. The fourth-order valence-electron chi connectivity index (χ4n) is 3.62. The first-order valence-corrected chi connectivity index (χ1v) is 10.7. The number of hydrazone groups is 1. The van der Waals surface area contributed by atoms with Crippen molar-refractivity contribution in [1.29, 1.82) is 0 Å². The summed E-state index contributed by atoms with van der Waals surface area (Å²) >= 11 is 3.43. The van der Waals surface area contributed by atoms with E-state index < -0.39 is 5.91 Å². The smallest absolute Gasteiger partial charge is 0.307 e. The van der Waals surface area contributed by atoms with E-state index in [2.05, 4.69) is 56.8 Å². The molecule has 0 atom stereocenters. The summed E-state index contributed by atoms with van der Waals surface area (Å²) in [4.78, 5) is 12.6. The van der Waals surface area contributed by atoms with E-state index in [4.69, 9.17) is 9.15 Å². The minimum atomic E-state index is -0.445. The predicted octanol–water partition coefficient (Wildman–Crippen LogP) is 5.91. The number of nitrogens with one attached hydrogen (secondary N) is 1. The van der Waals surface area contributed by atoms with E-state index in [0.717, 1.165) is 26.6 Å². The summed E-state index contributed by atoms with van der Waals surface area (Å²) in [6, 6.07) is 23.6. The molecule has 0 radical (unpaired) electrons. The molecule has 158 valence electrons. The highest BCUT2D eigenvalue weighted by atomic mass is 79.9. The second kappa shape index (κ2) is 8.36. The lowest BCUT2D eigenvalue weighted by Gasteiger charge is -2.08. The summed E-state index contributed by atoms with van der Waals surface area (Å²) in [6.07, 6.45) is 3.56. The van der Waals surface area contributed by atoms with Crippen LogP contribution < -0.4 is 10.2 Å². The molecule has 0 saturated carbocycles. The highest BCUT2D eigenvalue weighted by Gasteiger charge is 2.15. The Balaban J connectivity index is 1.36. The van der Waals surface area contributed by atoms with Crippen molar-refractivity contribution in [2.45, 2.75) is 0 Å². The third-order valence-corrected chi connectivity index (χ3v) is 5.60. The molecule has 0 fully saturated rings. The highest BCUT2D eigenvalue weighted by molar-refractivity contribution is 9.10. The van der Waals surface area contributed by atoms with Gasteiger partial charge in [-0.2, -0.15) is 5.10 Å². The average molecular weight is 488 g/mol. The monoisotopic (exact) mass is 487 g/mol. The van der Waals surface area contributed by atoms with Gasteiger partial charge >= 0.3 is 5.91 Å². The highest BCUT2D eigenvalue weighted by Crippen LogP contribution is 2.32. The normalized spacial score (nSPS) is 11.4. The molecule has 32 heavy (non-hydrogen) atoms. The molecule has 2 heterocycles. The summed E-state index contributed by atoms with van der Waals surface area (Å²) in [5.41, 5.74) is 4.88. The summed E-state index contributed by atoms with van der Waals surface area (Å²) in [5, 5.41) is 7.22. The number of aromatic nitrogens is 1. The van der Waals surface area contributed by atoms with Crippen molar-refractivity contribution in [3.05, 3.63) is 94.9 Å². The van der Waals surface area contributed by atoms with Crippen molar-refractivity contribution in [2.24, 2.45) is 5.10 Å². The zero-order chi connectivity index (χ0) is 22.1. The maximum Gasteiger partial charge on any atom is 0.307 e. The minimum Gasteiger partial charge on any atom is -0.493 e. The van der Waals surface area contributed by atoms with E-state index >= 15 is 0 Å². The van der Waals surface area contributed by atoms with Gasteiger partial charge in [0.1, 0.15) is 0 Å². The number of methoxy groups -OCH3 is 1. The van der Waals surface area contributed by atoms with Gasteiger partial charge in [0.15, 0.2) is 17.1 Å². The molecule has 1 amide bonds. The molecule has 3 aromatic carbocycles. The largest absolute Gasteiger partial charge is 0.493 e. The van der Waals surface area contributed by atoms with Crippen LogP contribution in [0.5, 0.6) is 5.75 Å². The quantitative estimate of drug-likeness (QED) is 0.247. The van der Waals surface area contributed by atoms with Crippen LogP contribution >= 0.6 is 15.9 Å². The van der Waals surface area contributed by atoms with Crippen LogP contribution in [0.15, 0.2) is 93.0 Å².